The third-order valence-electron chi connectivity index (χ3n) is 4.59. The van der Waals surface area contributed by atoms with Crippen LogP contribution < -0.4 is 4.90 Å². The number of carbonyl (C=O) groups is 2. The van der Waals surface area contributed by atoms with E-state index in [1.165, 1.54) is 11.0 Å². The Hall–Kier alpha value is -2.46. The predicted molar refractivity (Wildman–Crippen MR) is 111 cm³/mol. The van der Waals surface area contributed by atoms with Crippen LogP contribution in [0.15, 0.2) is 23.1 Å². The molecule has 0 atom stereocenters. The number of nitrogens with zero attached hydrogens (tertiary/aromatic N) is 3. The van der Waals surface area contributed by atoms with Gasteiger partial charge in [0.2, 0.25) is 0 Å². The second-order valence-corrected chi connectivity index (χ2v) is 8.21. The number of anilines is 1. The summed E-state index contributed by atoms with van der Waals surface area (Å²) >= 11 is 6.34. The number of hydrogen-bond acceptors (Lipinski definition) is 7. The third kappa shape index (κ3) is 4.50. The number of carbonyl (C=O) groups excluding carboxylic acids is 1. The molecule has 0 spiro atoms. The lowest BCUT2D eigenvalue weighted by atomic mass is 10.1. The first-order valence-electron chi connectivity index (χ1n) is 8.87. The monoisotopic (exact) mass is 421 g/mol. The standard InChI is InChI=1S/C18H19N3O5S2/c22-16(23)4-3-9-20-17(24)15(28-18(20)27)11-12-5-6-13(14(10-12)21(25)26)19-7-1-2-8-19/h5-6,10-11H,1-4,7-9H2,(H,22,23)/b15-11-. The second kappa shape index (κ2) is 8.70. The molecule has 1 aromatic rings. The highest BCUT2D eigenvalue weighted by molar-refractivity contribution is 8.26. The number of hydrogen-bond donors (Lipinski definition) is 1. The number of rotatable bonds is 7. The fraction of sp³-hybridized carbons (Fsp3) is 0.389. The van der Waals surface area contributed by atoms with Crippen LogP contribution in [0.1, 0.15) is 31.2 Å². The Bertz CT molecular complexity index is 865. The number of amides is 1. The summed E-state index contributed by atoms with van der Waals surface area (Å²) in [5, 5.41) is 20.2. The minimum atomic E-state index is -0.925. The van der Waals surface area contributed by atoms with Gasteiger partial charge < -0.3 is 10.0 Å². The Morgan fingerprint density at radius 1 is 1.36 bits per heavy atom. The molecule has 2 heterocycles. The van der Waals surface area contributed by atoms with Crippen LogP contribution in [0.3, 0.4) is 0 Å². The van der Waals surface area contributed by atoms with Crippen molar-refractivity contribution in [1.82, 2.24) is 4.90 Å². The van der Waals surface area contributed by atoms with E-state index in [0.717, 1.165) is 37.7 Å². The molecule has 0 bridgehead atoms. The van der Waals surface area contributed by atoms with Gasteiger partial charge in [0.1, 0.15) is 10.0 Å². The molecule has 0 unspecified atom stereocenters. The van der Waals surface area contributed by atoms with Gasteiger partial charge in [-0.15, -0.1) is 0 Å². The molecule has 1 amide bonds. The first-order valence-corrected chi connectivity index (χ1v) is 10.1. The normalized spacial score (nSPS) is 18.4. The first kappa shape index (κ1) is 20.3. The van der Waals surface area contributed by atoms with Gasteiger partial charge in [-0.05, 0) is 37.0 Å². The zero-order valence-electron chi connectivity index (χ0n) is 15.0. The van der Waals surface area contributed by atoms with Crippen molar-refractivity contribution in [3.05, 3.63) is 38.8 Å². The molecule has 148 valence electrons. The van der Waals surface area contributed by atoms with E-state index >= 15 is 0 Å². The van der Waals surface area contributed by atoms with Crippen molar-refractivity contribution in [2.75, 3.05) is 24.5 Å². The lowest BCUT2D eigenvalue weighted by molar-refractivity contribution is -0.384. The maximum absolute atomic E-state index is 12.6. The highest BCUT2D eigenvalue weighted by atomic mass is 32.2. The van der Waals surface area contributed by atoms with Gasteiger partial charge in [-0.25, -0.2) is 0 Å². The molecule has 8 nitrogen and oxygen atoms in total. The third-order valence-corrected chi connectivity index (χ3v) is 5.96. The van der Waals surface area contributed by atoms with Crippen LogP contribution in [0.25, 0.3) is 6.08 Å². The minimum Gasteiger partial charge on any atom is -0.481 e. The molecular weight excluding hydrogens is 402 g/mol. The van der Waals surface area contributed by atoms with Crippen LogP contribution in [0, 0.1) is 10.1 Å². The molecule has 1 N–H and O–H groups in total. The molecule has 2 aliphatic rings. The number of nitro groups is 1. The molecule has 2 saturated heterocycles. The number of benzene rings is 1. The van der Waals surface area contributed by atoms with Crippen LogP contribution in [-0.4, -0.2) is 50.8 Å². The van der Waals surface area contributed by atoms with Crippen LogP contribution in [0.2, 0.25) is 0 Å². The topological polar surface area (TPSA) is 104 Å². The number of aliphatic carboxylic acids is 1. The van der Waals surface area contributed by atoms with Gasteiger partial charge in [-0.2, -0.15) is 0 Å². The Morgan fingerprint density at radius 2 is 2.07 bits per heavy atom. The highest BCUT2D eigenvalue weighted by Gasteiger charge is 2.32. The summed E-state index contributed by atoms with van der Waals surface area (Å²) in [6, 6.07) is 4.96. The zero-order chi connectivity index (χ0) is 20.3. The number of thiocarbonyl (C=S) groups is 1. The van der Waals surface area contributed by atoms with E-state index < -0.39 is 10.9 Å². The summed E-state index contributed by atoms with van der Waals surface area (Å²) in [4.78, 5) is 38.1. The van der Waals surface area contributed by atoms with Crippen molar-refractivity contribution in [3.8, 4) is 0 Å². The summed E-state index contributed by atoms with van der Waals surface area (Å²) in [5.41, 5.74) is 1.18. The predicted octanol–water partition coefficient (Wildman–Crippen LogP) is 3.26. The van der Waals surface area contributed by atoms with Gasteiger partial charge in [0.25, 0.3) is 11.6 Å². The molecule has 1 aromatic carbocycles. The summed E-state index contributed by atoms with van der Waals surface area (Å²) in [6.07, 6.45) is 3.90. The number of thioether (sulfide) groups is 1. The van der Waals surface area contributed by atoms with Gasteiger partial charge in [0.05, 0.1) is 9.83 Å². The van der Waals surface area contributed by atoms with E-state index in [1.807, 2.05) is 4.90 Å². The van der Waals surface area contributed by atoms with Crippen LogP contribution in [-0.2, 0) is 9.59 Å². The van der Waals surface area contributed by atoms with Gasteiger partial charge in [-0.1, -0.05) is 30.0 Å². The van der Waals surface area contributed by atoms with E-state index in [0.29, 0.717) is 26.9 Å². The minimum absolute atomic E-state index is 0.0209. The molecule has 0 saturated carbocycles. The second-order valence-electron chi connectivity index (χ2n) is 6.53. The summed E-state index contributed by atoms with van der Waals surface area (Å²) in [7, 11) is 0. The van der Waals surface area contributed by atoms with Crippen molar-refractivity contribution in [2.45, 2.75) is 25.7 Å². The van der Waals surface area contributed by atoms with Crippen molar-refractivity contribution < 1.29 is 19.6 Å². The fourth-order valence-corrected chi connectivity index (χ4v) is 4.54. The average molecular weight is 422 g/mol. The molecule has 2 fully saturated rings. The summed E-state index contributed by atoms with van der Waals surface area (Å²) < 4.78 is 0.366. The molecule has 0 aliphatic carbocycles. The lowest BCUT2D eigenvalue weighted by Crippen LogP contribution is -2.29. The first-order chi connectivity index (χ1) is 13.4. The largest absolute Gasteiger partial charge is 0.481 e. The zero-order valence-corrected chi connectivity index (χ0v) is 16.6. The van der Waals surface area contributed by atoms with Gasteiger partial charge in [0, 0.05) is 32.1 Å². The Morgan fingerprint density at radius 3 is 2.71 bits per heavy atom. The number of nitro benzene ring substituents is 1. The Kier molecular flexibility index (Phi) is 6.30. The summed E-state index contributed by atoms with van der Waals surface area (Å²) in [5.74, 6) is -1.22. The van der Waals surface area contributed by atoms with Crippen molar-refractivity contribution >= 4 is 57.6 Å². The lowest BCUT2D eigenvalue weighted by Gasteiger charge is -2.17. The smallest absolute Gasteiger partial charge is 0.303 e. The quantitative estimate of drug-likeness (QED) is 0.310. The fourth-order valence-electron chi connectivity index (χ4n) is 3.23. The van der Waals surface area contributed by atoms with Crippen LogP contribution >= 0.6 is 24.0 Å². The molecule has 0 radical (unpaired) electrons. The van der Waals surface area contributed by atoms with Crippen molar-refractivity contribution in [1.29, 1.82) is 0 Å². The Balaban J connectivity index is 1.80. The van der Waals surface area contributed by atoms with E-state index in [1.54, 1.807) is 18.2 Å². The average Bonchev–Trinajstić information content (AvgIpc) is 3.26. The molecular formula is C18H19N3O5S2. The number of carboxylic acids is 1. The molecule has 28 heavy (non-hydrogen) atoms. The van der Waals surface area contributed by atoms with Crippen molar-refractivity contribution in [3.63, 3.8) is 0 Å². The van der Waals surface area contributed by atoms with Gasteiger partial charge in [0.15, 0.2) is 0 Å². The SMILES string of the molecule is O=C(O)CCCN1C(=O)/C(=C/c2ccc(N3CCCC3)c([N+](=O)[O-])c2)SC1=S. The summed E-state index contributed by atoms with van der Waals surface area (Å²) in [6.45, 7) is 1.84. The van der Waals surface area contributed by atoms with Gasteiger partial charge in [-0.3, -0.25) is 24.6 Å². The maximum Gasteiger partial charge on any atom is 0.303 e. The molecule has 0 aromatic heterocycles. The highest BCUT2D eigenvalue weighted by Crippen LogP contribution is 2.35. The Labute approximate surface area is 171 Å². The van der Waals surface area contributed by atoms with Crippen LogP contribution in [0.4, 0.5) is 11.4 Å². The van der Waals surface area contributed by atoms with E-state index in [-0.39, 0.29) is 24.6 Å². The molecule has 10 heteroatoms. The maximum atomic E-state index is 12.6. The molecule has 2 aliphatic heterocycles. The van der Waals surface area contributed by atoms with Gasteiger partial charge >= 0.3 is 5.97 Å². The van der Waals surface area contributed by atoms with E-state index in [9.17, 15) is 19.7 Å². The van der Waals surface area contributed by atoms with E-state index in [2.05, 4.69) is 0 Å². The van der Waals surface area contributed by atoms with Crippen molar-refractivity contribution in [2.24, 2.45) is 0 Å². The number of carboxylic acid groups (broad SMARTS) is 1. The molecule has 3 rings (SSSR count). The van der Waals surface area contributed by atoms with E-state index in [4.69, 9.17) is 17.3 Å². The van der Waals surface area contributed by atoms with Crippen LogP contribution in [0.5, 0.6) is 0 Å².